The van der Waals surface area contributed by atoms with Crippen LogP contribution in [0, 0.1) is 6.92 Å². The summed E-state index contributed by atoms with van der Waals surface area (Å²) in [6.07, 6.45) is 0. The van der Waals surface area contributed by atoms with Crippen molar-refractivity contribution >= 4 is 50.3 Å². The molecule has 31 heavy (non-hydrogen) atoms. The molecule has 0 saturated carbocycles. The monoisotopic (exact) mass is 489 g/mol. The van der Waals surface area contributed by atoms with Gasteiger partial charge >= 0.3 is 0 Å². The number of hydrogen-bond donors (Lipinski definition) is 0. The van der Waals surface area contributed by atoms with E-state index in [9.17, 15) is 13.2 Å². The second-order valence-electron chi connectivity index (χ2n) is 6.62. The Hall–Kier alpha value is -2.39. The maximum atomic E-state index is 13.3. The summed E-state index contributed by atoms with van der Waals surface area (Å²) in [6, 6.07) is 16.7. The molecule has 4 aromatic rings. The average Bonchev–Trinajstić information content (AvgIpc) is 3.43. The Morgan fingerprint density at radius 2 is 1.81 bits per heavy atom. The van der Waals surface area contributed by atoms with Gasteiger partial charge in [-0.05, 0) is 54.8 Å². The van der Waals surface area contributed by atoms with Crippen molar-refractivity contribution < 1.29 is 17.6 Å². The summed E-state index contributed by atoms with van der Waals surface area (Å²) in [7, 11) is -3.92. The van der Waals surface area contributed by atoms with Crippen molar-refractivity contribution in [3.8, 4) is 10.8 Å². The number of hydrogen-bond acceptors (Lipinski definition) is 7. The Balaban J connectivity index is 1.68. The number of oxazole rings is 1. The van der Waals surface area contributed by atoms with Crippen molar-refractivity contribution in [3.05, 3.63) is 82.2 Å². The molecule has 0 aliphatic heterocycles. The Labute approximate surface area is 193 Å². The van der Waals surface area contributed by atoms with Gasteiger partial charge in [-0.2, -0.15) is 4.98 Å². The Kier molecular flexibility index (Phi) is 6.34. The molecule has 0 aliphatic rings. The van der Waals surface area contributed by atoms with Gasteiger partial charge in [-0.15, -0.1) is 11.3 Å². The lowest BCUT2D eigenvalue weighted by Gasteiger charge is -2.04. The fraction of sp³-hybridized carbons (Fsp3) is 0.0909. The SMILES string of the molecule is Cc1ccc(S(=O)(=O)c2nc(-c3cccs3)oc2SCC(=O)c2ccc(Cl)cc2)cc1. The number of nitrogens with zero attached hydrogens (tertiary/aromatic N) is 1. The Morgan fingerprint density at radius 3 is 2.45 bits per heavy atom. The number of carbonyl (C=O) groups excluding carboxylic acids is 1. The fourth-order valence-electron chi connectivity index (χ4n) is 2.74. The van der Waals surface area contributed by atoms with E-state index in [4.69, 9.17) is 16.0 Å². The number of sulfone groups is 1. The third kappa shape index (κ3) is 4.77. The zero-order chi connectivity index (χ0) is 22.0. The first-order valence-electron chi connectivity index (χ1n) is 9.12. The van der Waals surface area contributed by atoms with E-state index in [1.54, 1.807) is 42.5 Å². The molecule has 0 spiro atoms. The smallest absolute Gasteiger partial charge is 0.238 e. The predicted molar refractivity (Wildman–Crippen MR) is 123 cm³/mol. The summed E-state index contributed by atoms with van der Waals surface area (Å²) in [5.41, 5.74) is 1.43. The van der Waals surface area contributed by atoms with Gasteiger partial charge in [0.05, 0.1) is 15.5 Å². The van der Waals surface area contributed by atoms with Gasteiger partial charge in [0.2, 0.25) is 25.8 Å². The molecular weight excluding hydrogens is 474 g/mol. The van der Waals surface area contributed by atoms with Gasteiger partial charge in [0.25, 0.3) is 0 Å². The average molecular weight is 490 g/mol. The molecule has 0 N–H and O–H groups in total. The van der Waals surface area contributed by atoms with Crippen molar-refractivity contribution in [2.75, 3.05) is 5.75 Å². The van der Waals surface area contributed by atoms with Crippen molar-refractivity contribution in [3.63, 3.8) is 0 Å². The molecule has 0 fully saturated rings. The highest BCUT2D eigenvalue weighted by atomic mass is 35.5. The molecule has 0 saturated heterocycles. The summed E-state index contributed by atoms with van der Waals surface area (Å²) < 4.78 is 32.3. The van der Waals surface area contributed by atoms with Crippen LogP contribution in [-0.2, 0) is 9.84 Å². The van der Waals surface area contributed by atoms with Crippen LogP contribution in [0.15, 0.2) is 85.5 Å². The van der Waals surface area contributed by atoms with E-state index >= 15 is 0 Å². The van der Waals surface area contributed by atoms with Gasteiger partial charge in [0.15, 0.2) is 5.78 Å². The second kappa shape index (κ2) is 9.00. The highest BCUT2D eigenvalue weighted by Crippen LogP contribution is 2.36. The van der Waals surface area contributed by atoms with Crippen LogP contribution in [-0.4, -0.2) is 24.9 Å². The number of ketones is 1. The van der Waals surface area contributed by atoms with Gasteiger partial charge in [-0.3, -0.25) is 4.79 Å². The first kappa shape index (κ1) is 21.8. The van der Waals surface area contributed by atoms with E-state index in [0.717, 1.165) is 17.3 Å². The van der Waals surface area contributed by atoms with Crippen LogP contribution in [0.3, 0.4) is 0 Å². The molecule has 0 aliphatic carbocycles. The Morgan fingerprint density at radius 1 is 1.10 bits per heavy atom. The number of thioether (sulfide) groups is 1. The largest absolute Gasteiger partial charge is 0.428 e. The lowest BCUT2D eigenvalue weighted by molar-refractivity contribution is 0.102. The van der Waals surface area contributed by atoms with E-state index in [1.165, 1.54) is 23.5 Å². The third-order valence-corrected chi connectivity index (χ3v) is 8.25. The lowest BCUT2D eigenvalue weighted by atomic mass is 10.1. The highest BCUT2D eigenvalue weighted by Gasteiger charge is 2.29. The minimum Gasteiger partial charge on any atom is -0.428 e. The number of thiophene rings is 1. The molecule has 5 nitrogen and oxygen atoms in total. The molecule has 0 radical (unpaired) electrons. The van der Waals surface area contributed by atoms with Crippen LogP contribution in [0.1, 0.15) is 15.9 Å². The second-order valence-corrected chi connectivity index (χ2v) is 10.8. The number of aromatic nitrogens is 1. The molecule has 0 amide bonds. The minimum absolute atomic E-state index is 0.00285. The third-order valence-electron chi connectivity index (χ3n) is 4.39. The normalized spacial score (nSPS) is 11.5. The van der Waals surface area contributed by atoms with Crippen LogP contribution < -0.4 is 0 Å². The molecule has 0 unspecified atom stereocenters. The number of rotatable bonds is 7. The van der Waals surface area contributed by atoms with Crippen molar-refractivity contribution in [2.24, 2.45) is 0 Å². The van der Waals surface area contributed by atoms with E-state index in [2.05, 4.69) is 4.98 Å². The maximum Gasteiger partial charge on any atom is 0.238 e. The van der Waals surface area contributed by atoms with Crippen LogP contribution >= 0.6 is 34.7 Å². The van der Waals surface area contributed by atoms with E-state index in [-0.39, 0.29) is 32.4 Å². The number of carbonyl (C=O) groups is 1. The van der Waals surface area contributed by atoms with Crippen molar-refractivity contribution in [1.82, 2.24) is 4.98 Å². The number of benzene rings is 2. The number of Topliss-reactive ketones (excluding diaryl/α,β-unsaturated/α-hetero) is 1. The molecule has 9 heteroatoms. The molecule has 4 rings (SSSR count). The van der Waals surface area contributed by atoms with Gasteiger partial charge in [-0.25, -0.2) is 8.42 Å². The van der Waals surface area contributed by atoms with Gasteiger partial charge < -0.3 is 4.42 Å². The predicted octanol–water partition coefficient (Wildman–Crippen LogP) is 6.17. The van der Waals surface area contributed by atoms with Gasteiger partial charge in [-0.1, -0.05) is 47.1 Å². The number of halogens is 1. The first-order chi connectivity index (χ1) is 14.8. The topological polar surface area (TPSA) is 77.2 Å². The highest BCUT2D eigenvalue weighted by molar-refractivity contribution is 8.00. The lowest BCUT2D eigenvalue weighted by Crippen LogP contribution is -2.06. The van der Waals surface area contributed by atoms with E-state index in [0.29, 0.717) is 15.5 Å². The molecule has 2 aromatic heterocycles. The standard InChI is InChI=1S/C22H16ClNO4S3/c1-14-4-10-17(11-5-14)31(26,27)21-22(28-20(24-21)19-3-2-12-29-19)30-13-18(25)15-6-8-16(23)9-7-15/h2-12H,13H2,1H3. The van der Waals surface area contributed by atoms with Crippen LogP contribution in [0.5, 0.6) is 0 Å². The summed E-state index contributed by atoms with van der Waals surface area (Å²) in [5, 5.41) is 2.29. The van der Waals surface area contributed by atoms with Gasteiger partial charge in [0, 0.05) is 10.6 Å². The fourth-order valence-corrected chi connectivity index (χ4v) is 5.94. The van der Waals surface area contributed by atoms with E-state index < -0.39 is 9.84 Å². The molecule has 0 atom stereocenters. The summed E-state index contributed by atoms with van der Waals surface area (Å²) in [6.45, 7) is 1.88. The Bertz CT molecular complexity index is 1310. The summed E-state index contributed by atoms with van der Waals surface area (Å²) >= 11 is 8.27. The quantitative estimate of drug-likeness (QED) is 0.228. The minimum atomic E-state index is -3.92. The summed E-state index contributed by atoms with van der Waals surface area (Å²) in [4.78, 5) is 17.7. The first-order valence-corrected chi connectivity index (χ1v) is 12.9. The van der Waals surface area contributed by atoms with Crippen molar-refractivity contribution in [2.45, 2.75) is 21.9 Å². The molecule has 2 aromatic carbocycles. The molecular formula is C22H16ClNO4S3. The molecule has 2 heterocycles. The molecule has 0 bridgehead atoms. The van der Waals surface area contributed by atoms with Crippen LogP contribution in [0.4, 0.5) is 0 Å². The van der Waals surface area contributed by atoms with E-state index in [1.807, 2.05) is 18.4 Å². The van der Waals surface area contributed by atoms with Crippen LogP contribution in [0.25, 0.3) is 10.8 Å². The maximum absolute atomic E-state index is 13.3. The van der Waals surface area contributed by atoms with Crippen molar-refractivity contribution in [1.29, 1.82) is 0 Å². The molecule has 158 valence electrons. The van der Waals surface area contributed by atoms with Gasteiger partial charge in [0.1, 0.15) is 0 Å². The number of aryl methyl sites for hydroxylation is 1. The zero-order valence-corrected chi connectivity index (χ0v) is 19.4. The zero-order valence-electron chi connectivity index (χ0n) is 16.2. The van der Waals surface area contributed by atoms with Crippen LogP contribution in [0.2, 0.25) is 5.02 Å². The summed E-state index contributed by atoms with van der Waals surface area (Å²) in [5.74, 6) is 0.0356.